The third kappa shape index (κ3) is 3.59. The Labute approximate surface area is 146 Å². The maximum Gasteiger partial charge on any atom is -0.00205 e. The fourth-order valence-electron chi connectivity index (χ4n) is 3.44. The number of hydrogen-bond acceptors (Lipinski definition) is 0. The SMILES string of the molecule is Cc1cccc(C)c1Cc1ccc(Cc2c(C)cccc2C)cc1. The first-order chi connectivity index (χ1) is 11.5. The summed E-state index contributed by atoms with van der Waals surface area (Å²) in [6.45, 7) is 8.82. The molecule has 3 aromatic rings. The van der Waals surface area contributed by atoms with Crippen molar-refractivity contribution in [2.75, 3.05) is 0 Å². The van der Waals surface area contributed by atoms with E-state index in [9.17, 15) is 0 Å². The molecule has 0 aromatic heterocycles. The molecule has 0 heteroatoms. The summed E-state index contributed by atoms with van der Waals surface area (Å²) in [6, 6.07) is 22.3. The second-order valence-corrected chi connectivity index (χ2v) is 6.91. The Kier molecular flexibility index (Phi) is 4.85. The molecule has 0 N–H and O–H groups in total. The smallest absolute Gasteiger partial charge is 0.00205 e. The van der Waals surface area contributed by atoms with E-state index in [1.165, 1.54) is 44.5 Å². The van der Waals surface area contributed by atoms with Crippen LogP contribution in [0.4, 0.5) is 0 Å². The van der Waals surface area contributed by atoms with Crippen LogP contribution in [0.3, 0.4) is 0 Å². The van der Waals surface area contributed by atoms with Gasteiger partial charge in [0, 0.05) is 0 Å². The number of hydrogen-bond donors (Lipinski definition) is 0. The lowest BCUT2D eigenvalue weighted by Crippen LogP contribution is -1.97. The van der Waals surface area contributed by atoms with Crippen LogP contribution in [0.15, 0.2) is 60.7 Å². The Morgan fingerprint density at radius 2 is 0.750 bits per heavy atom. The van der Waals surface area contributed by atoms with Crippen molar-refractivity contribution >= 4 is 0 Å². The lowest BCUT2D eigenvalue weighted by molar-refractivity contribution is 1.09. The van der Waals surface area contributed by atoms with Gasteiger partial charge in [-0.15, -0.1) is 0 Å². The lowest BCUT2D eigenvalue weighted by atomic mass is 9.93. The van der Waals surface area contributed by atoms with Crippen LogP contribution in [0.2, 0.25) is 0 Å². The first-order valence-electron chi connectivity index (χ1n) is 8.72. The van der Waals surface area contributed by atoms with Gasteiger partial charge in [-0.2, -0.15) is 0 Å². The second-order valence-electron chi connectivity index (χ2n) is 6.91. The molecule has 3 aromatic carbocycles. The Morgan fingerprint density at radius 1 is 0.458 bits per heavy atom. The van der Waals surface area contributed by atoms with Gasteiger partial charge in [0.25, 0.3) is 0 Å². The van der Waals surface area contributed by atoms with Gasteiger partial charge in [-0.1, -0.05) is 60.7 Å². The minimum atomic E-state index is 1.02. The molecule has 0 amide bonds. The van der Waals surface area contributed by atoms with Crippen LogP contribution in [-0.2, 0) is 12.8 Å². The minimum absolute atomic E-state index is 1.02. The summed E-state index contributed by atoms with van der Waals surface area (Å²) >= 11 is 0. The van der Waals surface area contributed by atoms with Gasteiger partial charge in [0.05, 0.1) is 0 Å². The van der Waals surface area contributed by atoms with Gasteiger partial charge in [0.15, 0.2) is 0 Å². The molecule has 3 rings (SSSR count). The number of aryl methyl sites for hydroxylation is 4. The Balaban J connectivity index is 1.79. The Morgan fingerprint density at radius 3 is 1.04 bits per heavy atom. The molecule has 0 radical (unpaired) electrons. The van der Waals surface area contributed by atoms with Crippen molar-refractivity contribution in [2.24, 2.45) is 0 Å². The first kappa shape index (κ1) is 16.5. The average molecular weight is 314 g/mol. The van der Waals surface area contributed by atoms with E-state index in [1.807, 2.05) is 0 Å². The summed E-state index contributed by atoms with van der Waals surface area (Å²) in [7, 11) is 0. The highest BCUT2D eigenvalue weighted by Gasteiger charge is 2.06. The van der Waals surface area contributed by atoms with E-state index < -0.39 is 0 Å². The van der Waals surface area contributed by atoms with Gasteiger partial charge >= 0.3 is 0 Å². The van der Waals surface area contributed by atoms with Crippen LogP contribution in [0.1, 0.15) is 44.5 Å². The first-order valence-corrected chi connectivity index (χ1v) is 8.72. The average Bonchev–Trinajstić information content (AvgIpc) is 2.56. The molecule has 0 saturated heterocycles. The quantitative estimate of drug-likeness (QED) is 0.545. The van der Waals surface area contributed by atoms with Gasteiger partial charge in [0.2, 0.25) is 0 Å². The van der Waals surface area contributed by atoms with E-state index in [0.717, 1.165) is 12.8 Å². The van der Waals surface area contributed by atoms with Crippen LogP contribution in [0.5, 0.6) is 0 Å². The molecule has 0 nitrogen and oxygen atoms in total. The third-order valence-electron chi connectivity index (χ3n) is 5.07. The van der Waals surface area contributed by atoms with Crippen molar-refractivity contribution in [3.05, 3.63) is 105 Å². The highest BCUT2D eigenvalue weighted by Crippen LogP contribution is 2.21. The molecule has 0 unspecified atom stereocenters. The van der Waals surface area contributed by atoms with E-state index in [2.05, 4.69) is 88.4 Å². The van der Waals surface area contributed by atoms with Gasteiger partial charge < -0.3 is 0 Å². The lowest BCUT2D eigenvalue weighted by Gasteiger charge is -2.12. The van der Waals surface area contributed by atoms with Crippen LogP contribution in [0.25, 0.3) is 0 Å². The van der Waals surface area contributed by atoms with Crippen molar-refractivity contribution in [1.29, 1.82) is 0 Å². The van der Waals surface area contributed by atoms with Crippen molar-refractivity contribution in [3.63, 3.8) is 0 Å². The highest BCUT2D eigenvalue weighted by molar-refractivity contribution is 5.41. The molecule has 0 spiro atoms. The summed E-state index contributed by atoms with van der Waals surface area (Å²) in [5.41, 5.74) is 11.2. The standard InChI is InChI=1S/C24H26/c1-17-7-5-8-18(2)23(17)15-21-11-13-22(14-12-21)16-24-19(3)9-6-10-20(24)4/h5-14H,15-16H2,1-4H3. The summed E-state index contributed by atoms with van der Waals surface area (Å²) in [5, 5.41) is 0. The predicted molar refractivity (Wildman–Crippen MR) is 104 cm³/mol. The normalized spacial score (nSPS) is 10.8. The molecule has 0 aliphatic heterocycles. The van der Waals surface area contributed by atoms with Crippen molar-refractivity contribution < 1.29 is 0 Å². The van der Waals surface area contributed by atoms with Gasteiger partial charge in [-0.3, -0.25) is 0 Å². The summed E-state index contributed by atoms with van der Waals surface area (Å²) < 4.78 is 0. The molecule has 0 heterocycles. The molecule has 0 saturated carbocycles. The Hall–Kier alpha value is -2.34. The van der Waals surface area contributed by atoms with E-state index in [-0.39, 0.29) is 0 Å². The van der Waals surface area contributed by atoms with Gasteiger partial charge in [-0.05, 0) is 85.0 Å². The number of rotatable bonds is 4. The molecule has 0 aliphatic rings. The predicted octanol–water partition coefficient (Wildman–Crippen LogP) is 6.10. The minimum Gasteiger partial charge on any atom is -0.0617 e. The van der Waals surface area contributed by atoms with E-state index >= 15 is 0 Å². The third-order valence-corrected chi connectivity index (χ3v) is 5.07. The number of benzene rings is 3. The second kappa shape index (κ2) is 7.05. The largest absolute Gasteiger partial charge is 0.0617 e. The Bertz CT molecular complexity index is 725. The van der Waals surface area contributed by atoms with Crippen molar-refractivity contribution in [1.82, 2.24) is 0 Å². The molecular formula is C24H26. The molecule has 122 valence electrons. The highest BCUT2D eigenvalue weighted by atomic mass is 14.1. The van der Waals surface area contributed by atoms with Gasteiger partial charge in [-0.25, -0.2) is 0 Å². The molecule has 0 fully saturated rings. The molecular weight excluding hydrogens is 288 g/mol. The van der Waals surface area contributed by atoms with E-state index in [4.69, 9.17) is 0 Å². The van der Waals surface area contributed by atoms with Crippen LogP contribution < -0.4 is 0 Å². The maximum atomic E-state index is 2.29. The zero-order valence-electron chi connectivity index (χ0n) is 15.2. The topological polar surface area (TPSA) is 0 Å². The van der Waals surface area contributed by atoms with Crippen LogP contribution >= 0.6 is 0 Å². The zero-order valence-corrected chi connectivity index (χ0v) is 15.2. The fraction of sp³-hybridized carbons (Fsp3) is 0.250. The summed E-state index contributed by atoms with van der Waals surface area (Å²) in [4.78, 5) is 0. The zero-order chi connectivity index (χ0) is 17.1. The van der Waals surface area contributed by atoms with E-state index in [0.29, 0.717) is 0 Å². The molecule has 0 atom stereocenters. The van der Waals surface area contributed by atoms with Gasteiger partial charge in [0.1, 0.15) is 0 Å². The van der Waals surface area contributed by atoms with Crippen LogP contribution in [-0.4, -0.2) is 0 Å². The van der Waals surface area contributed by atoms with Crippen molar-refractivity contribution in [3.8, 4) is 0 Å². The molecule has 0 aliphatic carbocycles. The van der Waals surface area contributed by atoms with Crippen LogP contribution in [0, 0.1) is 27.7 Å². The summed E-state index contributed by atoms with van der Waals surface area (Å²) in [6.07, 6.45) is 2.03. The maximum absolute atomic E-state index is 2.29. The molecule has 24 heavy (non-hydrogen) atoms. The van der Waals surface area contributed by atoms with E-state index in [1.54, 1.807) is 0 Å². The molecule has 0 bridgehead atoms. The summed E-state index contributed by atoms with van der Waals surface area (Å²) in [5.74, 6) is 0. The fourth-order valence-corrected chi connectivity index (χ4v) is 3.44. The monoisotopic (exact) mass is 314 g/mol. The van der Waals surface area contributed by atoms with Crippen molar-refractivity contribution in [2.45, 2.75) is 40.5 Å².